The predicted octanol–water partition coefficient (Wildman–Crippen LogP) is 1.81. The van der Waals surface area contributed by atoms with E-state index in [0.717, 1.165) is 25.9 Å². The van der Waals surface area contributed by atoms with Crippen LogP contribution in [0.5, 0.6) is 0 Å². The summed E-state index contributed by atoms with van der Waals surface area (Å²) in [5.74, 6) is 0.390. The first-order valence-corrected chi connectivity index (χ1v) is 6.27. The summed E-state index contributed by atoms with van der Waals surface area (Å²) in [7, 11) is 1.69. The molecule has 0 aromatic carbocycles. The van der Waals surface area contributed by atoms with Crippen LogP contribution in [0.4, 0.5) is 0 Å². The second-order valence-electron chi connectivity index (χ2n) is 5.01. The first-order chi connectivity index (χ1) is 8.07. The first-order valence-electron chi connectivity index (χ1n) is 6.27. The van der Waals surface area contributed by atoms with Crippen LogP contribution in [0.2, 0.25) is 0 Å². The average Bonchev–Trinajstić information content (AvgIpc) is 2.37. The van der Waals surface area contributed by atoms with E-state index in [2.05, 4.69) is 6.07 Å². The fourth-order valence-electron chi connectivity index (χ4n) is 2.25. The predicted molar refractivity (Wildman–Crippen MR) is 65.2 cm³/mol. The van der Waals surface area contributed by atoms with Gasteiger partial charge in [-0.15, -0.1) is 0 Å². The number of nitriles is 1. The Kier molecular flexibility index (Phi) is 4.95. The van der Waals surface area contributed by atoms with Crippen LogP contribution in [0.15, 0.2) is 0 Å². The summed E-state index contributed by atoms with van der Waals surface area (Å²) in [4.78, 5) is 14.1. The highest BCUT2D eigenvalue weighted by Crippen LogP contribution is 2.26. The third kappa shape index (κ3) is 3.19. The van der Waals surface area contributed by atoms with Gasteiger partial charge < -0.3 is 9.64 Å². The molecule has 4 heteroatoms. The fraction of sp³-hybridized carbons (Fsp3) is 0.846. The van der Waals surface area contributed by atoms with E-state index in [1.165, 1.54) is 0 Å². The Balaban J connectivity index is 2.66. The lowest BCUT2D eigenvalue weighted by atomic mass is 9.86. The molecule has 0 bridgehead atoms. The van der Waals surface area contributed by atoms with E-state index in [1.807, 2.05) is 11.8 Å². The highest BCUT2D eigenvalue weighted by Gasteiger charge is 2.37. The van der Waals surface area contributed by atoms with E-state index in [9.17, 15) is 4.79 Å². The maximum absolute atomic E-state index is 12.3. The molecule has 4 nitrogen and oxygen atoms in total. The van der Waals surface area contributed by atoms with Crippen molar-refractivity contribution in [2.24, 2.45) is 11.3 Å². The maximum atomic E-state index is 12.3. The summed E-state index contributed by atoms with van der Waals surface area (Å²) in [5.41, 5.74) is -0.866. The Bertz CT molecular complexity index is 309. The van der Waals surface area contributed by atoms with Crippen LogP contribution >= 0.6 is 0 Å². The van der Waals surface area contributed by atoms with Crippen LogP contribution in [-0.4, -0.2) is 37.6 Å². The van der Waals surface area contributed by atoms with Gasteiger partial charge in [-0.05, 0) is 32.1 Å². The van der Waals surface area contributed by atoms with E-state index < -0.39 is 5.41 Å². The molecule has 0 aromatic heterocycles. The van der Waals surface area contributed by atoms with Gasteiger partial charge in [0.25, 0.3) is 0 Å². The van der Waals surface area contributed by atoms with Gasteiger partial charge in [-0.3, -0.25) is 4.79 Å². The van der Waals surface area contributed by atoms with Gasteiger partial charge in [-0.1, -0.05) is 6.92 Å². The van der Waals surface area contributed by atoms with E-state index in [1.54, 1.807) is 14.0 Å². The number of amides is 1. The highest BCUT2D eigenvalue weighted by molar-refractivity contribution is 5.85. The largest absolute Gasteiger partial charge is 0.384 e. The van der Waals surface area contributed by atoms with Gasteiger partial charge in [-0.2, -0.15) is 5.26 Å². The number of hydrogen-bond acceptors (Lipinski definition) is 3. The zero-order valence-corrected chi connectivity index (χ0v) is 11.0. The van der Waals surface area contributed by atoms with Crippen LogP contribution < -0.4 is 0 Å². The molecule has 1 heterocycles. The molecule has 1 rings (SSSR count). The van der Waals surface area contributed by atoms with Crippen molar-refractivity contribution in [1.82, 2.24) is 4.90 Å². The van der Waals surface area contributed by atoms with E-state index in [-0.39, 0.29) is 5.91 Å². The fourth-order valence-corrected chi connectivity index (χ4v) is 2.25. The van der Waals surface area contributed by atoms with E-state index in [4.69, 9.17) is 10.00 Å². The molecule has 0 aromatic rings. The standard InChI is InChI=1S/C13H22N2O2/c1-4-13(2,10-14)12(16)15-7-5-6-11(8-15)9-17-3/h11H,4-9H2,1-3H3. The van der Waals surface area contributed by atoms with Gasteiger partial charge >= 0.3 is 0 Å². The second kappa shape index (κ2) is 6.02. The molecule has 2 atom stereocenters. The molecule has 1 saturated heterocycles. The molecule has 96 valence electrons. The number of piperidine rings is 1. The zero-order chi connectivity index (χ0) is 12.9. The lowest BCUT2D eigenvalue weighted by Crippen LogP contribution is -2.47. The third-order valence-corrected chi connectivity index (χ3v) is 3.63. The number of rotatable bonds is 4. The molecule has 1 aliphatic heterocycles. The Morgan fingerprint density at radius 1 is 1.65 bits per heavy atom. The Morgan fingerprint density at radius 3 is 2.88 bits per heavy atom. The van der Waals surface area contributed by atoms with Crippen molar-refractivity contribution < 1.29 is 9.53 Å². The number of hydrogen-bond donors (Lipinski definition) is 0. The normalized spacial score (nSPS) is 23.9. The number of carbonyl (C=O) groups excluding carboxylic acids is 1. The average molecular weight is 238 g/mol. The van der Waals surface area contributed by atoms with Crippen molar-refractivity contribution in [2.45, 2.75) is 33.1 Å². The molecule has 1 aliphatic rings. The maximum Gasteiger partial charge on any atom is 0.242 e. The molecule has 1 fully saturated rings. The van der Waals surface area contributed by atoms with Crippen LogP contribution in [0.3, 0.4) is 0 Å². The molecular weight excluding hydrogens is 216 g/mol. The molecule has 0 radical (unpaired) electrons. The lowest BCUT2D eigenvalue weighted by Gasteiger charge is -2.36. The van der Waals surface area contributed by atoms with Gasteiger partial charge in [0.2, 0.25) is 5.91 Å². The molecule has 2 unspecified atom stereocenters. The van der Waals surface area contributed by atoms with Crippen molar-refractivity contribution in [3.63, 3.8) is 0 Å². The zero-order valence-electron chi connectivity index (χ0n) is 11.0. The van der Waals surface area contributed by atoms with Gasteiger partial charge in [0.1, 0.15) is 5.41 Å². The minimum absolute atomic E-state index is 0.0247. The van der Waals surface area contributed by atoms with Crippen molar-refractivity contribution in [3.05, 3.63) is 0 Å². The summed E-state index contributed by atoms with van der Waals surface area (Å²) in [6.07, 6.45) is 2.67. The van der Waals surface area contributed by atoms with Crippen molar-refractivity contribution in [2.75, 3.05) is 26.8 Å². The van der Waals surface area contributed by atoms with Crippen molar-refractivity contribution in [1.29, 1.82) is 5.26 Å². The summed E-state index contributed by atoms with van der Waals surface area (Å²) < 4.78 is 5.14. The van der Waals surface area contributed by atoms with Crippen LogP contribution in [0, 0.1) is 22.7 Å². The second-order valence-corrected chi connectivity index (χ2v) is 5.01. The van der Waals surface area contributed by atoms with Gasteiger partial charge in [0, 0.05) is 20.2 Å². The summed E-state index contributed by atoms with van der Waals surface area (Å²) >= 11 is 0. The number of nitrogens with zero attached hydrogens (tertiary/aromatic N) is 2. The molecule has 0 spiro atoms. The van der Waals surface area contributed by atoms with Crippen molar-refractivity contribution in [3.8, 4) is 6.07 Å². The number of methoxy groups -OCH3 is 1. The van der Waals surface area contributed by atoms with Crippen molar-refractivity contribution >= 4 is 5.91 Å². The number of ether oxygens (including phenoxy) is 1. The molecule has 17 heavy (non-hydrogen) atoms. The van der Waals surface area contributed by atoms with Crippen LogP contribution in [0.1, 0.15) is 33.1 Å². The monoisotopic (exact) mass is 238 g/mol. The molecule has 0 aliphatic carbocycles. The molecule has 1 amide bonds. The van der Waals surface area contributed by atoms with E-state index >= 15 is 0 Å². The summed E-state index contributed by atoms with van der Waals surface area (Å²) in [6.45, 7) is 5.81. The van der Waals surface area contributed by atoms with Gasteiger partial charge in [0.15, 0.2) is 0 Å². The summed E-state index contributed by atoms with van der Waals surface area (Å²) in [5, 5.41) is 9.13. The minimum Gasteiger partial charge on any atom is -0.384 e. The van der Waals surface area contributed by atoms with Gasteiger partial charge in [-0.25, -0.2) is 0 Å². The third-order valence-electron chi connectivity index (χ3n) is 3.63. The first kappa shape index (κ1) is 14.0. The minimum atomic E-state index is -0.866. The topological polar surface area (TPSA) is 53.3 Å². The van der Waals surface area contributed by atoms with Crippen LogP contribution in [0.25, 0.3) is 0 Å². The molecule has 0 N–H and O–H groups in total. The lowest BCUT2D eigenvalue weighted by molar-refractivity contribution is -0.140. The highest BCUT2D eigenvalue weighted by atomic mass is 16.5. The van der Waals surface area contributed by atoms with Gasteiger partial charge in [0.05, 0.1) is 12.7 Å². The SMILES string of the molecule is CCC(C)(C#N)C(=O)N1CCCC(COC)C1. The molecular formula is C13H22N2O2. The molecule has 0 saturated carbocycles. The summed E-state index contributed by atoms with van der Waals surface area (Å²) in [6, 6.07) is 2.15. The Morgan fingerprint density at radius 2 is 2.35 bits per heavy atom. The van der Waals surface area contributed by atoms with E-state index in [0.29, 0.717) is 18.9 Å². The number of likely N-dealkylation sites (tertiary alicyclic amines) is 1. The number of carbonyl (C=O) groups is 1. The van der Waals surface area contributed by atoms with Crippen LogP contribution in [-0.2, 0) is 9.53 Å². The Labute approximate surface area is 104 Å². The quantitative estimate of drug-likeness (QED) is 0.750. The Hall–Kier alpha value is -1.08. The smallest absolute Gasteiger partial charge is 0.242 e.